The summed E-state index contributed by atoms with van der Waals surface area (Å²) in [5, 5.41) is 4.98. The number of benzene rings is 2. The van der Waals surface area contributed by atoms with Crippen LogP contribution in [0.1, 0.15) is 10.4 Å². The molecule has 0 unspecified atom stereocenters. The fraction of sp³-hybridized carbons (Fsp3) is 0.0625. The van der Waals surface area contributed by atoms with Crippen LogP contribution in [0.2, 0.25) is 10.0 Å². The lowest BCUT2D eigenvalue weighted by atomic mass is 10.2. The summed E-state index contributed by atoms with van der Waals surface area (Å²) in [5.41, 5.74) is 0.780. The standard InChI is InChI=1S/C16H11Cl2N3O3/c1-24-13-7-10(6-5-9(13)8-22)21-16(23)19-15(20-21)14-11(17)3-2-4-12(14)18/h2-8H,1H3,(H,19,20,23). The lowest BCUT2D eigenvalue weighted by molar-refractivity contribution is 0.112. The summed E-state index contributed by atoms with van der Waals surface area (Å²) in [6, 6.07) is 9.69. The Bertz CT molecular complexity index is 959. The predicted molar refractivity (Wildman–Crippen MR) is 91.6 cm³/mol. The van der Waals surface area contributed by atoms with E-state index >= 15 is 0 Å². The quantitative estimate of drug-likeness (QED) is 0.721. The molecule has 8 heteroatoms. The second kappa shape index (κ2) is 6.51. The van der Waals surface area contributed by atoms with Crippen LogP contribution in [0, 0.1) is 0 Å². The van der Waals surface area contributed by atoms with Gasteiger partial charge in [0.15, 0.2) is 12.1 Å². The third kappa shape index (κ3) is 2.81. The molecule has 6 nitrogen and oxygen atoms in total. The number of hydrogen-bond donors (Lipinski definition) is 1. The van der Waals surface area contributed by atoms with Crippen molar-refractivity contribution in [3.8, 4) is 22.8 Å². The van der Waals surface area contributed by atoms with Crippen molar-refractivity contribution in [2.75, 3.05) is 7.11 Å². The molecule has 3 rings (SSSR count). The highest BCUT2D eigenvalue weighted by atomic mass is 35.5. The van der Waals surface area contributed by atoms with Gasteiger partial charge in [-0.25, -0.2) is 4.79 Å². The van der Waals surface area contributed by atoms with E-state index in [-0.39, 0.29) is 5.82 Å². The molecule has 0 saturated heterocycles. The van der Waals surface area contributed by atoms with Crippen molar-refractivity contribution in [1.29, 1.82) is 0 Å². The Morgan fingerprint density at radius 1 is 1.21 bits per heavy atom. The van der Waals surface area contributed by atoms with Crippen LogP contribution < -0.4 is 10.4 Å². The summed E-state index contributed by atoms with van der Waals surface area (Å²) in [7, 11) is 1.44. The molecule has 1 heterocycles. The molecule has 0 atom stereocenters. The van der Waals surface area contributed by atoms with Crippen molar-refractivity contribution in [2.24, 2.45) is 0 Å². The summed E-state index contributed by atoms with van der Waals surface area (Å²) >= 11 is 12.3. The van der Waals surface area contributed by atoms with Crippen LogP contribution in [-0.4, -0.2) is 28.2 Å². The predicted octanol–water partition coefficient (Wildman–Crippen LogP) is 3.36. The number of aromatic amines is 1. The molecule has 0 amide bonds. The second-order valence-corrected chi connectivity index (χ2v) is 5.65. The Morgan fingerprint density at radius 2 is 1.92 bits per heavy atom. The molecule has 1 N–H and O–H groups in total. The largest absolute Gasteiger partial charge is 0.496 e. The first-order valence-electron chi connectivity index (χ1n) is 6.82. The minimum atomic E-state index is -0.470. The molecule has 0 radical (unpaired) electrons. The number of carbonyl (C=O) groups excluding carboxylic acids is 1. The third-order valence-electron chi connectivity index (χ3n) is 3.41. The molecule has 122 valence electrons. The first-order chi connectivity index (χ1) is 11.5. The number of nitrogens with zero attached hydrogens (tertiary/aromatic N) is 2. The first-order valence-corrected chi connectivity index (χ1v) is 7.58. The van der Waals surface area contributed by atoms with Gasteiger partial charge in [-0.2, -0.15) is 4.68 Å². The van der Waals surface area contributed by atoms with Crippen LogP contribution in [-0.2, 0) is 0 Å². The topological polar surface area (TPSA) is 77.0 Å². The number of methoxy groups -OCH3 is 1. The highest BCUT2D eigenvalue weighted by Gasteiger charge is 2.15. The number of aldehydes is 1. The van der Waals surface area contributed by atoms with E-state index in [9.17, 15) is 9.59 Å². The lowest BCUT2D eigenvalue weighted by Crippen LogP contribution is -2.16. The normalized spacial score (nSPS) is 10.6. The molecular weight excluding hydrogens is 353 g/mol. The van der Waals surface area contributed by atoms with Crippen LogP contribution in [0.15, 0.2) is 41.2 Å². The zero-order valence-corrected chi connectivity index (χ0v) is 13.9. The van der Waals surface area contributed by atoms with E-state index < -0.39 is 5.69 Å². The van der Waals surface area contributed by atoms with Gasteiger partial charge in [0.1, 0.15) is 5.75 Å². The summed E-state index contributed by atoms with van der Waals surface area (Å²) in [4.78, 5) is 25.8. The molecule has 0 aliphatic carbocycles. The van der Waals surface area contributed by atoms with E-state index in [2.05, 4.69) is 10.1 Å². The van der Waals surface area contributed by atoms with Gasteiger partial charge in [0.05, 0.1) is 34.0 Å². The van der Waals surface area contributed by atoms with Crippen LogP contribution in [0.4, 0.5) is 0 Å². The molecule has 0 aliphatic heterocycles. The fourth-order valence-electron chi connectivity index (χ4n) is 2.27. The SMILES string of the molecule is COc1cc(-n2nc(-c3c(Cl)cccc3Cl)[nH]c2=O)ccc1C=O. The van der Waals surface area contributed by atoms with Gasteiger partial charge in [0.2, 0.25) is 0 Å². The van der Waals surface area contributed by atoms with E-state index in [0.717, 1.165) is 4.68 Å². The number of ether oxygens (including phenoxy) is 1. The zero-order chi connectivity index (χ0) is 17.3. The highest BCUT2D eigenvalue weighted by Crippen LogP contribution is 2.32. The molecule has 0 aliphatic rings. The Morgan fingerprint density at radius 3 is 2.54 bits per heavy atom. The van der Waals surface area contributed by atoms with Gasteiger partial charge in [-0.05, 0) is 24.3 Å². The maximum absolute atomic E-state index is 12.2. The fourth-order valence-corrected chi connectivity index (χ4v) is 2.84. The number of halogens is 2. The minimum Gasteiger partial charge on any atom is -0.496 e. The molecule has 2 aromatic carbocycles. The van der Waals surface area contributed by atoms with E-state index in [0.29, 0.717) is 38.9 Å². The number of aromatic nitrogens is 3. The van der Waals surface area contributed by atoms with E-state index in [1.165, 1.54) is 7.11 Å². The summed E-state index contributed by atoms with van der Waals surface area (Å²) in [5.74, 6) is 0.587. The Hall–Kier alpha value is -2.57. The zero-order valence-electron chi connectivity index (χ0n) is 12.4. The van der Waals surface area contributed by atoms with E-state index in [1.54, 1.807) is 36.4 Å². The van der Waals surface area contributed by atoms with Gasteiger partial charge in [-0.1, -0.05) is 29.3 Å². The Labute approximate surface area is 146 Å². The summed E-state index contributed by atoms with van der Waals surface area (Å²) in [6.45, 7) is 0. The molecule has 0 spiro atoms. The summed E-state index contributed by atoms with van der Waals surface area (Å²) < 4.78 is 6.29. The number of H-pyrrole nitrogens is 1. The molecule has 1 aromatic heterocycles. The maximum Gasteiger partial charge on any atom is 0.348 e. The average molecular weight is 364 g/mol. The van der Waals surface area contributed by atoms with Crippen LogP contribution in [0.5, 0.6) is 5.75 Å². The van der Waals surface area contributed by atoms with Crippen LogP contribution in [0.25, 0.3) is 17.1 Å². The number of nitrogens with one attached hydrogen (secondary N) is 1. The van der Waals surface area contributed by atoms with E-state index in [4.69, 9.17) is 27.9 Å². The molecule has 3 aromatic rings. The average Bonchev–Trinajstić information content (AvgIpc) is 2.95. The lowest BCUT2D eigenvalue weighted by Gasteiger charge is -2.06. The smallest absolute Gasteiger partial charge is 0.348 e. The molecule has 24 heavy (non-hydrogen) atoms. The second-order valence-electron chi connectivity index (χ2n) is 4.83. The van der Waals surface area contributed by atoms with Gasteiger partial charge in [-0.3, -0.25) is 9.78 Å². The minimum absolute atomic E-state index is 0.244. The number of carbonyl (C=O) groups is 1. The van der Waals surface area contributed by atoms with Gasteiger partial charge in [-0.15, -0.1) is 5.10 Å². The van der Waals surface area contributed by atoms with Crippen molar-refractivity contribution in [3.63, 3.8) is 0 Å². The Kier molecular flexibility index (Phi) is 4.42. The maximum atomic E-state index is 12.2. The van der Waals surface area contributed by atoms with Gasteiger partial charge in [0, 0.05) is 6.07 Å². The van der Waals surface area contributed by atoms with Crippen LogP contribution >= 0.6 is 23.2 Å². The van der Waals surface area contributed by atoms with Gasteiger partial charge < -0.3 is 4.74 Å². The molecule has 0 saturated carbocycles. The van der Waals surface area contributed by atoms with E-state index in [1.807, 2.05) is 0 Å². The number of hydrogen-bond acceptors (Lipinski definition) is 4. The third-order valence-corrected chi connectivity index (χ3v) is 4.04. The Balaban J connectivity index is 2.14. The first kappa shape index (κ1) is 16.3. The van der Waals surface area contributed by atoms with Crippen molar-refractivity contribution < 1.29 is 9.53 Å². The van der Waals surface area contributed by atoms with Crippen molar-refractivity contribution in [1.82, 2.24) is 14.8 Å². The summed E-state index contributed by atoms with van der Waals surface area (Å²) in [6.07, 6.45) is 0.672. The molecule has 0 fully saturated rings. The molecular formula is C16H11Cl2N3O3. The van der Waals surface area contributed by atoms with Gasteiger partial charge in [0.25, 0.3) is 0 Å². The van der Waals surface area contributed by atoms with Crippen molar-refractivity contribution >= 4 is 29.5 Å². The monoisotopic (exact) mass is 363 g/mol. The van der Waals surface area contributed by atoms with Gasteiger partial charge >= 0.3 is 5.69 Å². The number of rotatable bonds is 4. The molecule has 0 bridgehead atoms. The van der Waals surface area contributed by atoms with Crippen LogP contribution in [0.3, 0.4) is 0 Å². The van der Waals surface area contributed by atoms with Crippen molar-refractivity contribution in [3.05, 3.63) is 62.5 Å². The van der Waals surface area contributed by atoms with Crippen molar-refractivity contribution in [2.45, 2.75) is 0 Å². The highest BCUT2D eigenvalue weighted by molar-refractivity contribution is 6.38.